The third kappa shape index (κ3) is 9.38. The highest BCUT2D eigenvalue weighted by Crippen LogP contribution is 2.50. The van der Waals surface area contributed by atoms with Crippen LogP contribution in [0.15, 0.2) is 90.7 Å². The van der Waals surface area contributed by atoms with E-state index in [-0.39, 0.29) is 43.6 Å². The molecule has 3 heterocycles. The van der Waals surface area contributed by atoms with Gasteiger partial charge in [0.05, 0.1) is 32.7 Å². The molecule has 0 aromatic heterocycles. The average molecular weight is 832 g/mol. The summed E-state index contributed by atoms with van der Waals surface area (Å²) in [5.41, 5.74) is 4.71. The lowest BCUT2D eigenvalue weighted by Gasteiger charge is -2.32. The van der Waals surface area contributed by atoms with Crippen molar-refractivity contribution in [1.29, 1.82) is 0 Å². The highest BCUT2D eigenvalue weighted by atomic mass is 32.2. The van der Waals surface area contributed by atoms with E-state index in [2.05, 4.69) is 54.0 Å². The summed E-state index contributed by atoms with van der Waals surface area (Å²) in [4.78, 5) is 46.2. The number of rotatable bonds is 16. The van der Waals surface area contributed by atoms with Crippen molar-refractivity contribution >= 4 is 60.2 Å². The summed E-state index contributed by atoms with van der Waals surface area (Å²) in [6, 6.07) is 17.9. The summed E-state index contributed by atoms with van der Waals surface area (Å²) in [6.45, 7) is 9.50. The first-order chi connectivity index (χ1) is 27.3. The number of hydrogen-bond acceptors (Lipinski definition) is 12. The van der Waals surface area contributed by atoms with Crippen molar-refractivity contribution in [2.45, 2.75) is 89.5 Å². The molecule has 0 bridgehead atoms. The Morgan fingerprint density at radius 2 is 1.45 bits per heavy atom. The maximum atomic E-state index is 12.8. The lowest BCUT2D eigenvalue weighted by molar-refractivity contribution is -0.197. The molecule has 3 aliphatic rings. The van der Waals surface area contributed by atoms with Crippen molar-refractivity contribution in [3.8, 4) is 0 Å². The number of carbonyl (C=O) groups is 3. The number of hydrogen-bond donors (Lipinski definition) is 0. The first-order valence-corrected chi connectivity index (χ1v) is 22.6. The number of hydroxylamine groups is 2. The molecule has 310 valence electrons. The van der Waals surface area contributed by atoms with Gasteiger partial charge in [0, 0.05) is 65.3 Å². The molecule has 3 aromatic rings. The summed E-state index contributed by atoms with van der Waals surface area (Å²) in [7, 11) is -8.67. The summed E-state index contributed by atoms with van der Waals surface area (Å²) in [5, 5.41) is 2.81. The number of amides is 2. The fraction of sp³-hybridized carbons (Fsp3) is 0.419. The minimum absolute atomic E-state index is 0.00197. The Hall–Kier alpha value is -4.83. The number of fused-ring (bicyclic) bond motifs is 4. The number of anilines is 2. The molecular formula is C43H49N3O10S2-2. The number of imide groups is 1. The number of benzene rings is 3. The Morgan fingerprint density at radius 1 is 0.810 bits per heavy atom. The predicted molar refractivity (Wildman–Crippen MR) is 220 cm³/mol. The third-order valence-electron chi connectivity index (χ3n) is 11.3. The van der Waals surface area contributed by atoms with E-state index in [9.17, 15) is 40.3 Å². The molecule has 3 aliphatic heterocycles. The molecule has 13 nitrogen and oxygen atoms in total. The second-order valence-corrected chi connectivity index (χ2v) is 19.2. The first-order valence-electron chi connectivity index (χ1n) is 19.5. The monoisotopic (exact) mass is 831 g/mol. The normalized spacial score (nSPS) is 19.7. The quantitative estimate of drug-likeness (QED) is 0.0722. The van der Waals surface area contributed by atoms with Gasteiger partial charge in [-0.3, -0.25) is 9.59 Å². The van der Waals surface area contributed by atoms with Crippen LogP contribution in [-0.2, 0) is 56.7 Å². The lowest BCUT2D eigenvalue weighted by atomic mass is 9.78. The van der Waals surface area contributed by atoms with Crippen LogP contribution in [0.1, 0.15) is 82.9 Å². The zero-order valence-electron chi connectivity index (χ0n) is 33.2. The standard InChI is InChI=1S/C43H51N3O10S2/c1-42(2)33-28-30(29-40(49)56-46-38(47)22-23-39(46)48)18-20-34(33)44(24-10-12-26-57(50,51)52)36(42)16-6-5-7-17-37-43(3,4)41-32-15-9-8-14-31(32)19-21-35(41)45(37)25-11-13-27-58(53,54)55/h5-9,14-21,28,37H,10-13,22-27,29H2,1-4H3,(H,50,51,52)(H,53,54,55)/p-2/b6-5+,17-7+,36-16-. The third-order valence-corrected chi connectivity index (χ3v) is 12.9. The van der Waals surface area contributed by atoms with Gasteiger partial charge in [-0.25, -0.2) is 21.6 Å². The molecule has 0 aliphatic carbocycles. The predicted octanol–water partition coefficient (Wildman–Crippen LogP) is 5.90. The van der Waals surface area contributed by atoms with Crippen LogP contribution in [0.2, 0.25) is 0 Å². The summed E-state index contributed by atoms with van der Waals surface area (Å²) >= 11 is 0. The molecule has 0 spiro atoms. The van der Waals surface area contributed by atoms with Gasteiger partial charge in [0.15, 0.2) is 0 Å². The van der Waals surface area contributed by atoms with Gasteiger partial charge in [-0.15, -0.1) is 5.06 Å². The van der Waals surface area contributed by atoms with Gasteiger partial charge in [0.2, 0.25) is 0 Å². The molecule has 1 fully saturated rings. The van der Waals surface area contributed by atoms with Gasteiger partial charge in [-0.2, -0.15) is 0 Å². The second-order valence-electron chi connectivity index (χ2n) is 16.2. The number of unbranched alkanes of at least 4 members (excludes halogenated alkanes) is 2. The SMILES string of the molecule is CC1(C)/C(=C/C=C/C=C/C2N(CCCCS(=O)(=O)[O-])c3ccc4ccccc4c3C2(C)C)N(CCCCS(=O)(=O)[O-])c2ccc(CC(=O)ON3C(=O)CCC3=O)cc21. The summed E-state index contributed by atoms with van der Waals surface area (Å²) < 4.78 is 68.0. The zero-order valence-corrected chi connectivity index (χ0v) is 34.8. The van der Waals surface area contributed by atoms with Crippen LogP contribution in [0.5, 0.6) is 0 Å². The van der Waals surface area contributed by atoms with Gasteiger partial charge in [-0.05, 0) is 71.4 Å². The molecule has 58 heavy (non-hydrogen) atoms. The Labute approximate surface area is 340 Å². The highest BCUT2D eigenvalue weighted by Gasteiger charge is 2.44. The summed E-state index contributed by atoms with van der Waals surface area (Å²) in [6.07, 6.45) is 11.3. The summed E-state index contributed by atoms with van der Waals surface area (Å²) in [5.74, 6) is -2.72. The van der Waals surface area contributed by atoms with Gasteiger partial charge >= 0.3 is 5.97 Å². The molecule has 1 atom stereocenters. The molecule has 2 amide bonds. The molecule has 1 unspecified atom stereocenters. The molecule has 1 saturated heterocycles. The van der Waals surface area contributed by atoms with E-state index in [0.717, 1.165) is 33.4 Å². The van der Waals surface area contributed by atoms with E-state index in [4.69, 9.17) is 4.84 Å². The van der Waals surface area contributed by atoms with Gasteiger partial charge in [0.25, 0.3) is 11.8 Å². The van der Waals surface area contributed by atoms with Crippen molar-refractivity contribution in [3.05, 3.63) is 107 Å². The van der Waals surface area contributed by atoms with Crippen LogP contribution in [0.3, 0.4) is 0 Å². The Bertz CT molecular complexity index is 2400. The van der Waals surface area contributed by atoms with Crippen LogP contribution in [-0.4, -0.2) is 79.4 Å². The zero-order chi connectivity index (χ0) is 42.0. The molecule has 0 N–H and O–H groups in total. The molecule has 0 radical (unpaired) electrons. The van der Waals surface area contributed by atoms with E-state index >= 15 is 0 Å². The van der Waals surface area contributed by atoms with Crippen molar-refractivity contribution in [3.63, 3.8) is 0 Å². The van der Waals surface area contributed by atoms with Crippen LogP contribution >= 0.6 is 0 Å². The smallest absolute Gasteiger partial charge is 0.337 e. The Kier molecular flexibility index (Phi) is 12.4. The average Bonchev–Trinajstić information content (AvgIpc) is 3.65. The van der Waals surface area contributed by atoms with E-state index in [0.29, 0.717) is 36.6 Å². The van der Waals surface area contributed by atoms with E-state index in [1.54, 1.807) is 6.07 Å². The molecule has 6 rings (SSSR count). The van der Waals surface area contributed by atoms with Crippen molar-refractivity contribution in [2.24, 2.45) is 0 Å². The largest absolute Gasteiger partial charge is 0.748 e. The van der Waals surface area contributed by atoms with Crippen LogP contribution < -0.4 is 9.80 Å². The fourth-order valence-electron chi connectivity index (χ4n) is 8.49. The Balaban J connectivity index is 1.25. The fourth-order valence-corrected chi connectivity index (χ4v) is 9.61. The topological polar surface area (TPSA) is 185 Å². The van der Waals surface area contributed by atoms with Crippen LogP contribution in [0.25, 0.3) is 10.8 Å². The molecule has 15 heteroatoms. The first kappa shape index (κ1) is 42.8. The number of nitrogens with zero attached hydrogens (tertiary/aromatic N) is 3. The van der Waals surface area contributed by atoms with Crippen molar-refractivity contribution in [2.75, 3.05) is 34.4 Å². The van der Waals surface area contributed by atoms with E-state index in [1.165, 1.54) is 5.56 Å². The van der Waals surface area contributed by atoms with Crippen molar-refractivity contribution in [1.82, 2.24) is 5.06 Å². The van der Waals surface area contributed by atoms with E-state index in [1.807, 2.05) is 62.4 Å². The maximum Gasteiger partial charge on any atom is 0.337 e. The lowest BCUT2D eigenvalue weighted by Crippen LogP contribution is -2.40. The molecule has 0 saturated carbocycles. The van der Waals surface area contributed by atoms with Crippen LogP contribution in [0.4, 0.5) is 11.4 Å². The minimum Gasteiger partial charge on any atom is -0.748 e. The van der Waals surface area contributed by atoms with Crippen LogP contribution in [0, 0.1) is 0 Å². The molecule has 3 aromatic carbocycles. The highest BCUT2D eigenvalue weighted by molar-refractivity contribution is 7.85. The van der Waals surface area contributed by atoms with Gasteiger partial charge in [0.1, 0.15) is 0 Å². The van der Waals surface area contributed by atoms with E-state index < -0.39 is 54.9 Å². The van der Waals surface area contributed by atoms with Gasteiger partial charge in [-0.1, -0.05) is 94.5 Å². The minimum atomic E-state index is -4.36. The maximum absolute atomic E-state index is 12.8. The second kappa shape index (κ2) is 16.8. The molecular weight excluding hydrogens is 783 g/mol. The number of allylic oxidation sites excluding steroid dienone is 5. The van der Waals surface area contributed by atoms with Gasteiger partial charge < -0.3 is 23.7 Å². The van der Waals surface area contributed by atoms with Crippen molar-refractivity contribution < 1.29 is 45.2 Å². The number of carbonyl (C=O) groups excluding carboxylic acids is 3. The Morgan fingerprint density at radius 3 is 2.12 bits per heavy atom.